The van der Waals surface area contributed by atoms with Gasteiger partial charge in [0.25, 0.3) is 17.3 Å². The fourth-order valence-corrected chi connectivity index (χ4v) is 2.41. The van der Waals surface area contributed by atoms with Crippen LogP contribution in [0.2, 0.25) is 0 Å². The lowest BCUT2D eigenvalue weighted by atomic mass is 10.1. The van der Waals surface area contributed by atoms with Gasteiger partial charge in [-0.05, 0) is 30.2 Å². The zero-order valence-corrected chi connectivity index (χ0v) is 15.3. The van der Waals surface area contributed by atoms with Crippen LogP contribution >= 0.6 is 0 Å². The lowest BCUT2D eigenvalue weighted by Crippen LogP contribution is -2.23. The maximum Gasteiger partial charge on any atom is 0.289 e. The van der Waals surface area contributed by atoms with Gasteiger partial charge in [0.2, 0.25) is 0 Å². The van der Waals surface area contributed by atoms with Crippen molar-refractivity contribution in [3.05, 3.63) is 67.8 Å². The van der Waals surface area contributed by atoms with Crippen LogP contribution in [-0.4, -0.2) is 29.5 Å². The van der Waals surface area contributed by atoms with E-state index in [0.717, 1.165) is 24.6 Å². The molecule has 0 saturated heterocycles. The van der Waals surface area contributed by atoms with E-state index in [1.54, 1.807) is 18.2 Å². The van der Waals surface area contributed by atoms with Crippen LogP contribution in [0.5, 0.6) is 11.5 Å². The molecule has 0 spiro atoms. The van der Waals surface area contributed by atoms with Crippen LogP contribution in [0.1, 0.15) is 29.3 Å². The molecule has 0 aliphatic rings. The Morgan fingerprint density at radius 3 is 2.43 bits per heavy atom. The van der Waals surface area contributed by atoms with Crippen molar-refractivity contribution in [2.45, 2.75) is 19.9 Å². The number of carbonyl (C=O) groups excluding carboxylic acids is 1. The van der Waals surface area contributed by atoms with Gasteiger partial charge in [0.15, 0.2) is 11.5 Å². The number of nitrogens with zero attached hydrogens (tertiary/aromatic N) is 2. The second kappa shape index (κ2) is 9.31. The molecule has 0 unspecified atom stereocenters. The maximum atomic E-state index is 12.3. The van der Waals surface area contributed by atoms with Crippen molar-refractivity contribution in [1.29, 1.82) is 0 Å². The van der Waals surface area contributed by atoms with E-state index in [1.807, 2.05) is 6.92 Å². The minimum absolute atomic E-state index is 0.0807. The Hall–Kier alpha value is -3.69. The second-order valence-corrected chi connectivity index (χ2v) is 5.73. The normalized spacial score (nSPS) is 10.2. The summed E-state index contributed by atoms with van der Waals surface area (Å²) in [4.78, 5) is 32.7. The van der Waals surface area contributed by atoms with Crippen molar-refractivity contribution in [3.63, 3.8) is 0 Å². The standard InChI is InChI=1S/C18H19N3O7/c1-3-8-28-16-7-4-12(9-17(16)27-2)11-19-18(22)14-6-5-13(20(23)24)10-15(14)21(25)26/h4-7,9-10H,3,8,11H2,1-2H3,(H,19,22). The first-order chi connectivity index (χ1) is 13.4. The zero-order valence-electron chi connectivity index (χ0n) is 15.3. The van der Waals surface area contributed by atoms with Gasteiger partial charge in [-0.3, -0.25) is 25.0 Å². The van der Waals surface area contributed by atoms with Gasteiger partial charge in [-0.2, -0.15) is 0 Å². The fraction of sp³-hybridized carbons (Fsp3) is 0.278. The molecule has 0 aromatic heterocycles. The number of nitro groups is 2. The molecule has 0 radical (unpaired) electrons. The Kier molecular flexibility index (Phi) is 6.85. The van der Waals surface area contributed by atoms with Crippen LogP contribution < -0.4 is 14.8 Å². The molecule has 0 fully saturated rings. The van der Waals surface area contributed by atoms with Crippen LogP contribution in [0.4, 0.5) is 11.4 Å². The molecule has 0 atom stereocenters. The van der Waals surface area contributed by atoms with Gasteiger partial charge in [-0.1, -0.05) is 13.0 Å². The van der Waals surface area contributed by atoms with E-state index >= 15 is 0 Å². The highest BCUT2D eigenvalue weighted by Crippen LogP contribution is 2.28. The molecule has 0 saturated carbocycles. The van der Waals surface area contributed by atoms with E-state index in [9.17, 15) is 25.0 Å². The van der Waals surface area contributed by atoms with E-state index in [0.29, 0.717) is 23.7 Å². The van der Waals surface area contributed by atoms with Crippen LogP contribution in [0.25, 0.3) is 0 Å². The highest BCUT2D eigenvalue weighted by Gasteiger charge is 2.24. The van der Waals surface area contributed by atoms with Crippen molar-refractivity contribution in [1.82, 2.24) is 5.32 Å². The number of nitrogens with one attached hydrogen (secondary N) is 1. The topological polar surface area (TPSA) is 134 Å². The molecule has 2 aromatic carbocycles. The molecule has 0 bridgehead atoms. The summed E-state index contributed by atoms with van der Waals surface area (Å²) in [5.41, 5.74) is -0.660. The number of hydrogen-bond donors (Lipinski definition) is 1. The molecule has 10 heteroatoms. The molecule has 2 aromatic rings. The minimum atomic E-state index is -0.829. The van der Waals surface area contributed by atoms with Crippen molar-refractivity contribution < 1.29 is 24.1 Å². The zero-order chi connectivity index (χ0) is 20.7. The molecule has 0 aliphatic carbocycles. The van der Waals surface area contributed by atoms with Crippen LogP contribution in [0.3, 0.4) is 0 Å². The van der Waals surface area contributed by atoms with Gasteiger partial charge in [0.1, 0.15) is 5.56 Å². The molecule has 2 rings (SSSR count). The minimum Gasteiger partial charge on any atom is -0.493 e. The third kappa shape index (κ3) is 4.93. The van der Waals surface area contributed by atoms with E-state index in [1.165, 1.54) is 7.11 Å². The largest absolute Gasteiger partial charge is 0.493 e. The molecule has 148 valence electrons. The fourth-order valence-electron chi connectivity index (χ4n) is 2.41. The third-order valence-corrected chi connectivity index (χ3v) is 3.78. The summed E-state index contributed by atoms with van der Waals surface area (Å²) in [6.07, 6.45) is 0.842. The predicted molar refractivity (Wildman–Crippen MR) is 99.7 cm³/mol. The van der Waals surface area contributed by atoms with Crippen molar-refractivity contribution in [2.75, 3.05) is 13.7 Å². The van der Waals surface area contributed by atoms with E-state index in [-0.39, 0.29) is 12.1 Å². The second-order valence-electron chi connectivity index (χ2n) is 5.73. The van der Waals surface area contributed by atoms with Crippen LogP contribution in [0.15, 0.2) is 36.4 Å². The van der Waals surface area contributed by atoms with Gasteiger partial charge in [-0.15, -0.1) is 0 Å². The Morgan fingerprint density at radius 1 is 1.07 bits per heavy atom. The van der Waals surface area contributed by atoms with Gasteiger partial charge >= 0.3 is 0 Å². The average Bonchev–Trinajstić information content (AvgIpc) is 2.69. The molecule has 0 aliphatic heterocycles. The monoisotopic (exact) mass is 389 g/mol. The number of ether oxygens (including phenoxy) is 2. The number of hydrogen-bond acceptors (Lipinski definition) is 7. The highest BCUT2D eigenvalue weighted by molar-refractivity contribution is 5.98. The van der Waals surface area contributed by atoms with Gasteiger partial charge in [0, 0.05) is 12.6 Å². The number of non-ortho nitro benzene ring substituents is 1. The molecule has 1 amide bonds. The Balaban J connectivity index is 2.16. The first-order valence-corrected chi connectivity index (χ1v) is 8.38. The van der Waals surface area contributed by atoms with E-state index in [2.05, 4.69) is 5.32 Å². The summed E-state index contributed by atoms with van der Waals surface area (Å²) in [5.74, 6) is 0.360. The number of methoxy groups -OCH3 is 1. The SMILES string of the molecule is CCCOc1ccc(CNC(=O)c2ccc([N+](=O)[O-])cc2[N+](=O)[O-])cc1OC. The molecule has 1 N–H and O–H groups in total. The summed E-state index contributed by atoms with van der Waals surface area (Å²) in [6.45, 7) is 2.60. The van der Waals surface area contributed by atoms with Crippen molar-refractivity contribution in [2.24, 2.45) is 0 Å². The molecule has 10 nitrogen and oxygen atoms in total. The summed E-state index contributed by atoms with van der Waals surface area (Å²) in [6, 6.07) is 8.01. The van der Waals surface area contributed by atoms with Gasteiger partial charge in [-0.25, -0.2) is 0 Å². The van der Waals surface area contributed by atoms with Gasteiger partial charge < -0.3 is 14.8 Å². The highest BCUT2D eigenvalue weighted by atomic mass is 16.6. The van der Waals surface area contributed by atoms with Crippen LogP contribution in [0, 0.1) is 20.2 Å². The van der Waals surface area contributed by atoms with Crippen molar-refractivity contribution >= 4 is 17.3 Å². The molecular weight excluding hydrogens is 370 g/mol. The van der Waals surface area contributed by atoms with E-state index < -0.39 is 27.1 Å². The first-order valence-electron chi connectivity index (χ1n) is 8.38. The molecular formula is C18H19N3O7. The number of rotatable bonds is 9. The molecule has 0 heterocycles. The summed E-state index contributed by atoms with van der Waals surface area (Å²) in [7, 11) is 1.50. The predicted octanol–water partition coefficient (Wildman–Crippen LogP) is 3.23. The summed E-state index contributed by atoms with van der Waals surface area (Å²) in [5, 5.41) is 24.5. The lowest BCUT2D eigenvalue weighted by Gasteiger charge is -2.12. The quantitative estimate of drug-likeness (QED) is 0.514. The number of amides is 1. The Bertz CT molecular complexity index is 899. The number of carbonyl (C=O) groups is 1. The number of benzene rings is 2. The van der Waals surface area contributed by atoms with Crippen molar-refractivity contribution in [3.8, 4) is 11.5 Å². The Morgan fingerprint density at radius 2 is 1.82 bits per heavy atom. The summed E-state index contributed by atoms with van der Waals surface area (Å²) >= 11 is 0. The smallest absolute Gasteiger partial charge is 0.289 e. The molecule has 28 heavy (non-hydrogen) atoms. The van der Waals surface area contributed by atoms with Gasteiger partial charge in [0.05, 0.1) is 29.6 Å². The Labute approximate surface area is 160 Å². The van der Waals surface area contributed by atoms with Crippen LogP contribution in [-0.2, 0) is 6.54 Å². The third-order valence-electron chi connectivity index (χ3n) is 3.78. The number of nitro benzene ring substituents is 2. The first kappa shape index (κ1) is 20.6. The maximum absolute atomic E-state index is 12.3. The lowest BCUT2D eigenvalue weighted by molar-refractivity contribution is -0.394. The summed E-state index contributed by atoms with van der Waals surface area (Å²) < 4.78 is 10.8. The van der Waals surface area contributed by atoms with E-state index in [4.69, 9.17) is 9.47 Å². The average molecular weight is 389 g/mol.